The van der Waals surface area contributed by atoms with Crippen LogP contribution in [-0.2, 0) is 6.61 Å². The molecule has 2 saturated heterocycles. The fourth-order valence-electron chi connectivity index (χ4n) is 4.65. The van der Waals surface area contributed by atoms with Crippen LogP contribution in [0.4, 0.5) is 22.9 Å². The number of nitrogens with one attached hydrogen (secondary N) is 2. The van der Waals surface area contributed by atoms with Gasteiger partial charge >= 0.3 is 0 Å². The molecule has 4 aromatic rings. The molecular formula is C25H22ClN7O3. The van der Waals surface area contributed by atoms with E-state index in [4.69, 9.17) is 16.3 Å². The number of fused-ring (bicyclic) bond motifs is 1. The quantitative estimate of drug-likeness (QED) is 0.278. The Kier molecular flexibility index (Phi) is 5.54. The molecule has 6 rings (SSSR count). The molecule has 0 bridgehead atoms. The second-order valence-electron chi connectivity index (χ2n) is 9.03. The minimum absolute atomic E-state index is 0.0332. The van der Waals surface area contributed by atoms with Crippen molar-refractivity contribution in [2.45, 2.75) is 18.6 Å². The molecule has 0 saturated carbocycles. The van der Waals surface area contributed by atoms with E-state index in [2.05, 4.69) is 25.6 Å². The number of nitrogens with zero attached hydrogens (tertiary/aromatic N) is 5. The van der Waals surface area contributed by atoms with Crippen LogP contribution in [0.15, 0.2) is 61.1 Å². The van der Waals surface area contributed by atoms with Crippen LogP contribution in [0.25, 0.3) is 10.9 Å². The number of nitro groups is 1. The molecular weight excluding hydrogens is 482 g/mol. The number of nitro benzene ring substituents is 1. The summed E-state index contributed by atoms with van der Waals surface area (Å²) in [6, 6.07) is 14.2. The Morgan fingerprint density at radius 2 is 2.03 bits per heavy atom. The van der Waals surface area contributed by atoms with Crippen LogP contribution in [0.2, 0.25) is 5.02 Å². The first-order valence-electron chi connectivity index (χ1n) is 11.5. The van der Waals surface area contributed by atoms with Crippen LogP contribution in [-0.4, -0.2) is 45.0 Å². The summed E-state index contributed by atoms with van der Waals surface area (Å²) in [6.45, 7) is 2.80. The van der Waals surface area contributed by atoms with Gasteiger partial charge < -0.3 is 20.3 Å². The Morgan fingerprint density at radius 3 is 2.72 bits per heavy atom. The zero-order valence-corrected chi connectivity index (χ0v) is 19.9. The molecule has 0 unspecified atom stereocenters. The fourth-order valence-corrected chi connectivity index (χ4v) is 4.89. The first kappa shape index (κ1) is 22.4. The van der Waals surface area contributed by atoms with E-state index in [0.717, 1.165) is 31.7 Å². The maximum absolute atomic E-state index is 11.9. The third kappa shape index (κ3) is 4.14. The molecule has 2 aromatic carbocycles. The summed E-state index contributed by atoms with van der Waals surface area (Å²) in [5, 5.41) is 19.6. The van der Waals surface area contributed by atoms with Gasteiger partial charge in [0, 0.05) is 36.4 Å². The van der Waals surface area contributed by atoms with Gasteiger partial charge in [-0.05, 0) is 49.4 Å². The molecule has 10 nitrogen and oxygen atoms in total. The molecule has 36 heavy (non-hydrogen) atoms. The Hall–Kier alpha value is -4.02. The molecule has 1 spiro atoms. The van der Waals surface area contributed by atoms with Crippen molar-refractivity contribution >= 4 is 45.4 Å². The molecule has 2 fully saturated rings. The van der Waals surface area contributed by atoms with Crippen molar-refractivity contribution < 1.29 is 9.66 Å². The van der Waals surface area contributed by atoms with Crippen molar-refractivity contribution in [3.8, 4) is 5.75 Å². The second-order valence-corrected chi connectivity index (χ2v) is 9.44. The summed E-state index contributed by atoms with van der Waals surface area (Å²) < 4.78 is 5.79. The zero-order valence-electron chi connectivity index (χ0n) is 19.1. The lowest BCUT2D eigenvalue weighted by Gasteiger charge is -2.57. The monoisotopic (exact) mass is 503 g/mol. The molecule has 2 N–H and O–H groups in total. The Balaban J connectivity index is 1.25. The summed E-state index contributed by atoms with van der Waals surface area (Å²) in [6.07, 6.45) is 4.24. The van der Waals surface area contributed by atoms with Crippen LogP contribution in [0.3, 0.4) is 0 Å². The second kappa shape index (κ2) is 8.89. The van der Waals surface area contributed by atoms with E-state index in [0.29, 0.717) is 45.5 Å². The number of hydrogen-bond acceptors (Lipinski definition) is 9. The SMILES string of the molecule is O=[N+]([O-])c1cc2c(Nc3ccc(OCc4ccccn4)c(Cl)c3)ncnc2cc1N1CC2(CCN2)C1. The standard InChI is InChI=1S/C25H22ClN7O3/c26-19-9-16(4-5-23(19)36-12-17-3-1-2-7-27-17)31-24-18-10-22(33(34)35)21(11-20(18)28-15-29-24)32-13-25(14-32)6-8-30-25/h1-5,7,9-11,15,30H,6,8,12-14H2,(H,28,29,31). The maximum atomic E-state index is 11.9. The van der Waals surface area contributed by atoms with E-state index in [9.17, 15) is 10.1 Å². The Bertz CT molecular complexity index is 1460. The van der Waals surface area contributed by atoms with Crippen LogP contribution in [0.1, 0.15) is 12.1 Å². The van der Waals surface area contributed by atoms with Crippen molar-refractivity contribution in [2.24, 2.45) is 0 Å². The molecule has 2 aliphatic rings. The Labute approximate surface area is 211 Å². The van der Waals surface area contributed by atoms with Gasteiger partial charge in [-0.1, -0.05) is 17.7 Å². The van der Waals surface area contributed by atoms with E-state index in [1.165, 1.54) is 12.4 Å². The van der Waals surface area contributed by atoms with Gasteiger partial charge in [0.2, 0.25) is 0 Å². The molecule has 0 radical (unpaired) electrons. The molecule has 2 aromatic heterocycles. The smallest absolute Gasteiger partial charge is 0.293 e. The fraction of sp³-hybridized carbons (Fsp3) is 0.240. The average Bonchev–Trinajstić information content (AvgIpc) is 2.82. The van der Waals surface area contributed by atoms with Crippen LogP contribution >= 0.6 is 11.6 Å². The van der Waals surface area contributed by atoms with Gasteiger partial charge in [0.1, 0.15) is 30.2 Å². The molecule has 4 heterocycles. The van der Waals surface area contributed by atoms with Gasteiger partial charge in [-0.25, -0.2) is 9.97 Å². The first-order chi connectivity index (χ1) is 17.5. The lowest BCUT2D eigenvalue weighted by molar-refractivity contribution is -0.384. The Morgan fingerprint density at radius 1 is 1.17 bits per heavy atom. The lowest BCUT2D eigenvalue weighted by atomic mass is 9.80. The molecule has 0 aliphatic carbocycles. The number of benzene rings is 2. The number of anilines is 3. The van der Waals surface area contributed by atoms with Crippen molar-refractivity contribution in [1.82, 2.24) is 20.3 Å². The van der Waals surface area contributed by atoms with Crippen molar-refractivity contribution in [2.75, 3.05) is 29.9 Å². The summed E-state index contributed by atoms with van der Waals surface area (Å²) in [5.74, 6) is 0.975. The van der Waals surface area contributed by atoms with E-state index in [1.807, 2.05) is 29.2 Å². The van der Waals surface area contributed by atoms with Crippen LogP contribution < -0.4 is 20.3 Å². The number of pyridine rings is 1. The highest BCUT2D eigenvalue weighted by Crippen LogP contribution is 2.41. The van der Waals surface area contributed by atoms with Gasteiger partial charge in [-0.15, -0.1) is 0 Å². The molecule has 0 atom stereocenters. The van der Waals surface area contributed by atoms with E-state index in [1.54, 1.807) is 24.4 Å². The number of ether oxygens (including phenoxy) is 1. The van der Waals surface area contributed by atoms with Crippen molar-refractivity contribution in [3.63, 3.8) is 0 Å². The number of aromatic nitrogens is 3. The summed E-state index contributed by atoms with van der Waals surface area (Å²) >= 11 is 6.45. The predicted molar refractivity (Wildman–Crippen MR) is 137 cm³/mol. The number of halogens is 1. The summed E-state index contributed by atoms with van der Waals surface area (Å²) in [5.41, 5.74) is 2.80. The summed E-state index contributed by atoms with van der Waals surface area (Å²) in [7, 11) is 0. The van der Waals surface area contributed by atoms with Crippen LogP contribution in [0.5, 0.6) is 5.75 Å². The highest BCUT2D eigenvalue weighted by molar-refractivity contribution is 6.32. The zero-order chi connectivity index (χ0) is 24.7. The van der Waals surface area contributed by atoms with Gasteiger partial charge in [-0.3, -0.25) is 15.1 Å². The molecule has 182 valence electrons. The van der Waals surface area contributed by atoms with Crippen molar-refractivity contribution in [3.05, 3.63) is 81.9 Å². The maximum Gasteiger partial charge on any atom is 0.293 e. The van der Waals surface area contributed by atoms with Gasteiger partial charge in [0.05, 0.1) is 26.7 Å². The average molecular weight is 504 g/mol. The number of rotatable bonds is 7. The van der Waals surface area contributed by atoms with Crippen LogP contribution in [0, 0.1) is 10.1 Å². The number of hydrogen-bond donors (Lipinski definition) is 2. The highest BCUT2D eigenvalue weighted by Gasteiger charge is 2.48. The largest absolute Gasteiger partial charge is 0.486 e. The minimum atomic E-state index is -0.352. The van der Waals surface area contributed by atoms with E-state index in [-0.39, 0.29) is 16.1 Å². The minimum Gasteiger partial charge on any atom is -0.486 e. The molecule has 11 heteroatoms. The van der Waals surface area contributed by atoms with E-state index >= 15 is 0 Å². The van der Waals surface area contributed by atoms with E-state index < -0.39 is 0 Å². The lowest BCUT2D eigenvalue weighted by Crippen LogP contribution is -2.76. The normalized spacial score (nSPS) is 15.9. The topological polar surface area (TPSA) is 118 Å². The van der Waals surface area contributed by atoms with Crippen molar-refractivity contribution in [1.29, 1.82) is 0 Å². The van der Waals surface area contributed by atoms with Gasteiger partial charge in [-0.2, -0.15) is 0 Å². The summed E-state index contributed by atoms with van der Waals surface area (Å²) in [4.78, 5) is 26.6. The first-order valence-corrected chi connectivity index (χ1v) is 11.9. The molecule has 0 amide bonds. The van der Waals surface area contributed by atoms with Gasteiger partial charge in [0.25, 0.3) is 5.69 Å². The molecule has 2 aliphatic heterocycles. The predicted octanol–water partition coefficient (Wildman–Crippen LogP) is 4.46. The third-order valence-electron chi connectivity index (χ3n) is 6.66. The third-order valence-corrected chi connectivity index (χ3v) is 6.95. The van der Waals surface area contributed by atoms with Gasteiger partial charge in [0.15, 0.2) is 0 Å². The highest BCUT2D eigenvalue weighted by atomic mass is 35.5.